The summed E-state index contributed by atoms with van der Waals surface area (Å²) in [5.74, 6) is 1.60. The Labute approximate surface area is 167 Å². The molecule has 0 aliphatic heterocycles. The van der Waals surface area contributed by atoms with Gasteiger partial charge in [-0.25, -0.2) is 0 Å². The highest BCUT2D eigenvalue weighted by Crippen LogP contribution is 2.31. The molecule has 0 N–H and O–H groups in total. The summed E-state index contributed by atoms with van der Waals surface area (Å²) >= 11 is 8.18. The number of hydrogen-bond acceptors (Lipinski definition) is 4. The predicted molar refractivity (Wildman–Crippen MR) is 111 cm³/mol. The average Bonchev–Trinajstić information content (AvgIpc) is 3.04. The van der Waals surface area contributed by atoms with Crippen LogP contribution in [0.2, 0.25) is 5.02 Å². The van der Waals surface area contributed by atoms with Gasteiger partial charge in [-0.3, -0.25) is 4.98 Å². The smallest absolute Gasteiger partial charge is 0.191 e. The van der Waals surface area contributed by atoms with Gasteiger partial charge in [0.1, 0.15) is 5.82 Å². The Hall–Kier alpha value is -2.37. The first-order valence-electron chi connectivity index (χ1n) is 8.72. The van der Waals surface area contributed by atoms with Crippen molar-refractivity contribution in [3.8, 4) is 0 Å². The number of rotatable bonds is 5. The van der Waals surface area contributed by atoms with Crippen LogP contribution in [0.5, 0.6) is 0 Å². The van der Waals surface area contributed by atoms with Gasteiger partial charge in [0.05, 0.1) is 16.2 Å². The molecule has 2 heterocycles. The summed E-state index contributed by atoms with van der Waals surface area (Å²) in [5, 5.41) is 11.4. The molecule has 6 heteroatoms. The molecule has 0 spiro atoms. The van der Waals surface area contributed by atoms with Crippen molar-refractivity contribution in [3.63, 3.8) is 0 Å². The van der Waals surface area contributed by atoms with Crippen LogP contribution >= 0.6 is 23.4 Å². The van der Waals surface area contributed by atoms with Crippen LogP contribution in [0.1, 0.15) is 22.6 Å². The lowest BCUT2D eigenvalue weighted by Crippen LogP contribution is -2.01. The average molecular weight is 395 g/mol. The molecule has 0 radical (unpaired) electrons. The van der Waals surface area contributed by atoms with Crippen LogP contribution in [0.25, 0.3) is 10.9 Å². The van der Waals surface area contributed by atoms with Crippen LogP contribution in [-0.2, 0) is 19.2 Å². The molecule has 4 rings (SSSR count). The first kappa shape index (κ1) is 18.0. The van der Waals surface area contributed by atoms with Gasteiger partial charge in [0.15, 0.2) is 5.16 Å². The van der Waals surface area contributed by atoms with E-state index in [9.17, 15) is 0 Å². The molecule has 0 amide bonds. The summed E-state index contributed by atoms with van der Waals surface area (Å²) in [5.41, 5.74) is 4.14. The lowest BCUT2D eigenvalue weighted by atomic mass is 10.1. The number of benzene rings is 2. The van der Waals surface area contributed by atoms with Gasteiger partial charge >= 0.3 is 0 Å². The minimum atomic E-state index is 0.655. The molecule has 2 aromatic heterocycles. The number of pyridine rings is 1. The largest absolute Gasteiger partial charge is 0.309 e. The van der Waals surface area contributed by atoms with E-state index in [0.717, 1.165) is 44.6 Å². The number of nitrogens with zero attached hydrogens (tertiary/aromatic N) is 4. The van der Waals surface area contributed by atoms with E-state index in [-0.39, 0.29) is 0 Å². The number of para-hydroxylation sites is 1. The number of thioether (sulfide) groups is 1. The second kappa shape index (κ2) is 7.71. The number of aryl methyl sites for hydroxylation is 1. The van der Waals surface area contributed by atoms with E-state index in [1.54, 1.807) is 11.8 Å². The minimum Gasteiger partial charge on any atom is -0.309 e. The van der Waals surface area contributed by atoms with Crippen molar-refractivity contribution >= 4 is 34.3 Å². The topological polar surface area (TPSA) is 43.6 Å². The highest BCUT2D eigenvalue weighted by atomic mass is 35.5. The molecule has 136 valence electrons. The fraction of sp³-hybridized carbons (Fsp3) is 0.190. The Morgan fingerprint density at radius 3 is 2.56 bits per heavy atom. The van der Waals surface area contributed by atoms with Gasteiger partial charge in [-0.1, -0.05) is 71.9 Å². The number of fused-ring (bicyclic) bond motifs is 1. The van der Waals surface area contributed by atoms with Crippen LogP contribution in [0.4, 0.5) is 0 Å². The molecule has 0 unspecified atom stereocenters. The van der Waals surface area contributed by atoms with Crippen LogP contribution in [0.15, 0.2) is 59.8 Å². The van der Waals surface area contributed by atoms with Crippen LogP contribution in [0, 0.1) is 6.92 Å². The summed E-state index contributed by atoms with van der Waals surface area (Å²) < 4.78 is 2.04. The van der Waals surface area contributed by atoms with Crippen molar-refractivity contribution < 1.29 is 0 Å². The monoisotopic (exact) mass is 394 g/mol. The van der Waals surface area contributed by atoms with E-state index < -0.39 is 0 Å². The Morgan fingerprint density at radius 2 is 1.74 bits per heavy atom. The summed E-state index contributed by atoms with van der Waals surface area (Å²) in [6.45, 7) is 2.04. The van der Waals surface area contributed by atoms with E-state index in [0.29, 0.717) is 5.75 Å². The first-order valence-corrected chi connectivity index (χ1v) is 10.1. The minimum absolute atomic E-state index is 0.655. The normalized spacial score (nSPS) is 11.2. The highest BCUT2D eigenvalue weighted by Gasteiger charge is 2.14. The molecule has 0 bridgehead atoms. The fourth-order valence-corrected chi connectivity index (χ4v) is 4.21. The predicted octanol–water partition coefficient (Wildman–Crippen LogP) is 5.21. The Morgan fingerprint density at radius 1 is 1.00 bits per heavy atom. The van der Waals surface area contributed by atoms with Crippen LogP contribution < -0.4 is 0 Å². The molecule has 0 saturated heterocycles. The number of aromatic nitrogens is 4. The van der Waals surface area contributed by atoms with Crippen molar-refractivity contribution in [3.05, 3.63) is 82.3 Å². The zero-order valence-corrected chi connectivity index (χ0v) is 16.8. The maximum absolute atomic E-state index is 6.57. The third kappa shape index (κ3) is 3.70. The maximum atomic E-state index is 6.57. The van der Waals surface area contributed by atoms with Gasteiger partial charge in [0, 0.05) is 24.6 Å². The lowest BCUT2D eigenvalue weighted by molar-refractivity contribution is 0.748. The molecule has 0 aliphatic carbocycles. The second-order valence-electron chi connectivity index (χ2n) is 6.42. The molecule has 27 heavy (non-hydrogen) atoms. The number of hydrogen-bond donors (Lipinski definition) is 0. The summed E-state index contributed by atoms with van der Waals surface area (Å²) in [4.78, 5) is 4.74. The lowest BCUT2D eigenvalue weighted by Gasteiger charge is -2.10. The molecular formula is C21H19ClN4S. The quantitative estimate of drug-likeness (QED) is 0.436. The standard InChI is InChI=1S/C21H19ClN4S/c1-14-16-10-6-7-11-17(16)23-18(20(14)22)13-27-21-25-24-19(26(21)2)12-15-8-4-3-5-9-15/h3-11H,12-13H2,1-2H3. The molecule has 0 saturated carbocycles. The van der Waals surface area contributed by atoms with Crippen molar-refractivity contribution in [2.45, 2.75) is 24.3 Å². The molecule has 4 nitrogen and oxygen atoms in total. The Balaban J connectivity index is 1.54. The zero-order chi connectivity index (χ0) is 18.8. The van der Waals surface area contributed by atoms with Gasteiger partial charge in [-0.05, 0) is 24.1 Å². The molecule has 2 aromatic carbocycles. The molecule has 0 fully saturated rings. The van der Waals surface area contributed by atoms with E-state index in [4.69, 9.17) is 16.6 Å². The van der Waals surface area contributed by atoms with Crippen molar-refractivity contribution in [2.24, 2.45) is 7.05 Å². The molecule has 0 atom stereocenters. The Kier molecular flexibility index (Phi) is 5.14. The van der Waals surface area contributed by atoms with Crippen molar-refractivity contribution in [1.82, 2.24) is 19.7 Å². The summed E-state index contributed by atoms with van der Waals surface area (Å²) in [6, 6.07) is 18.4. The van der Waals surface area contributed by atoms with Crippen molar-refractivity contribution in [1.29, 1.82) is 0 Å². The fourth-order valence-electron chi connectivity index (χ4n) is 3.05. The summed E-state index contributed by atoms with van der Waals surface area (Å²) in [6.07, 6.45) is 0.763. The van der Waals surface area contributed by atoms with E-state index in [1.165, 1.54) is 5.56 Å². The second-order valence-corrected chi connectivity index (χ2v) is 7.74. The molecule has 4 aromatic rings. The first-order chi connectivity index (χ1) is 13.1. The number of halogens is 1. The van der Waals surface area contributed by atoms with Gasteiger partial charge in [-0.15, -0.1) is 10.2 Å². The van der Waals surface area contributed by atoms with E-state index >= 15 is 0 Å². The molecule has 0 aliphatic rings. The maximum Gasteiger partial charge on any atom is 0.191 e. The van der Waals surface area contributed by atoms with Gasteiger partial charge in [0.25, 0.3) is 0 Å². The van der Waals surface area contributed by atoms with Gasteiger partial charge in [0.2, 0.25) is 0 Å². The third-order valence-corrected chi connectivity index (χ3v) is 6.15. The SMILES string of the molecule is Cc1c(Cl)c(CSc2nnc(Cc3ccccc3)n2C)nc2ccccc12. The Bertz CT molecular complexity index is 1090. The van der Waals surface area contributed by atoms with Gasteiger partial charge < -0.3 is 4.57 Å². The summed E-state index contributed by atoms with van der Waals surface area (Å²) in [7, 11) is 2.00. The van der Waals surface area contributed by atoms with E-state index in [2.05, 4.69) is 28.4 Å². The van der Waals surface area contributed by atoms with Gasteiger partial charge in [-0.2, -0.15) is 0 Å². The van der Waals surface area contributed by atoms with Crippen LogP contribution in [-0.4, -0.2) is 19.7 Å². The highest BCUT2D eigenvalue weighted by molar-refractivity contribution is 7.98. The van der Waals surface area contributed by atoms with E-state index in [1.807, 2.05) is 54.9 Å². The van der Waals surface area contributed by atoms with Crippen LogP contribution in [0.3, 0.4) is 0 Å². The zero-order valence-electron chi connectivity index (χ0n) is 15.2. The third-order valence-electron chi connectivity index (χ3n) is 4.61. The van der Waals surface area contributed by atoms with Crippen molar-refractivity contribution in [2.75, 3.05) is 0 Å². The molecular weight excluding hydrogens is 376 g/mol.